The van der Waals surface area contributed by atoms with Crippen molar-refractivity contribution in [2.24, 2.45) is 0 Å². The summed E-state index contributed by atoms with van der Waals surface area (Å²) in [5.74, 6) is -0.374. The maximum atomic E-state index is 11.2. The predicted molar refractivity (Wildman–Crippen MR) is 52.2 cm³/mol. The Labute approximate surface area is 80.9 Å². The quantitative estimate of drug-likeness (QED) is 0.696. The van der Waals surface area contributed by atoms with Crippen molar-refractivity contribution in [3.05, 3.63) is 29.6 Å². The van der Waals surface area contributed by atoms with Gasteiger partial charge in [0.25, 0.3) is 0 Å². The molecule has 0 spiro atoms. The highest BCUT2D eigenvalue weighted by molar-refractivity contribution is 5.93. The fraction of sp³-hybridized carbons (Fsp3) is 0.200. The van der Waals surface area contributed by atoms with Crippen molar-refractivity contribution in [2.45, 2.75) is 6.92 Å². The molecule has 2 aromatic heterocycles. The zero-order valence-corrected chi connectivity index (χ0v) is 8.00. The molecule has 0 bridgehead atoms. The van der Waals surface area contributed by atoms with Crippen LogP contribution in [0.2, 0.25) is 0 Å². The fourth-order valence-corrected chi connectivity index (χ4v) is 1.32. The third-order valence-corrected chi connectivity index (χ3v) is 2.02. The van der Waals surface area contributed by atoms with Gasteiger partial charge >= 0.3 is 5.97 Å². The second-order valence-electron chi connectivity index (χ2n) is 3.07. The number of aromatic amines is 1. The van der Waals surface area contributed by atoms with Crippen LogP contribution in [0.1, 0.15) is 16.2 Å². The Kier molecular flexibility index (Phi) is 1.96. The van der Waals surface area contributed by atoms with Crippen LogP contribution >= 0.6 is 0 Å². The minimum atomic E-state index is -0.374. The summed E-state index contributed by atoms with van der Waals surface area (Å²) in [7, 11) is 1.35. The van der Waals surface area contributed by atoms with E-state index in [1.165, 1.54) is 7.11 Å². The number of hydrogen-bond donors (Lipinski definition) is 1. The number of ether oxygens (including phenoxy) is 1. The van der Waals surface area contributed by atoms with Crippen molar-refractivity contribution in [1.29, 1.82) is 0 Å². The first kappa shape index (κ1) is 8.74. The zero-order valence-electron chi connectivity index (χ0n) is 8.00. The van der Waals surface area contributed by atoms with Gasteiger partial charge in [0, 0.05) is 11.1 Å². The van der Waals surface area contributed by atoms with Crippen molar-refractivity contribution in [3.8, 4) is 0 Å². The van der Waals surface area contributed by atoms with Gasteiger partial charge in [0.1, 0.15) is 11.3 Å². The molecule has 0 aliphatic heterocycles. The lowest BCUT2D eigenvalue weighted by molar-refractivity contribution is 0.0595. The molecule has 0 atom stereocenters. The van der Waals surface area contributed by atoms with Gasteiger partial charge in [-0.05, 0) is 25.1 Å². The SMILES string of the molecule is COC(=O)c1cc2ccc(C)nc2[nH]1. The molecule has 2 rings (SSSR count). The molecule has 2 aromatic rings. The minimum absolute atomic E-state index is 0.374. The first-order chi connectivity index (χ1) is 6.70. The molecule has 14 heavy (non-hydrogen) atoms. The van der Waals surface area contributed by atoms with Crippen LogP contribution in [0.25, 0.3) is 11.0 Å². The second-order valence-corrected chi connectivity index (χ2v) is 3.07. The van der Waals surface area contributed by atoms with Crippen LogP contribution in [0.15, 0.2) is 18.2 Å². The number of nitrogens with one attached hydrogen (secondary N) is 1. The van der Waals surface area contributed by atoms with Gasteiger partial charge in [0.15, 0.2) is 0 Å². The van der Waals surface area contributed by atoms with Crippen LogP contribution in [-0.4, -0.2) is 23.0 Å². The molecular formula is C10H10N2O2. The molecule has 0 radical (unpaired) electrons. The highest BCUT2D eigenvalue weighted by atomic mass is 16.5. The molecular weight excluding hydrogens is 180 g/mol. The Morgan fingerprint density at radius 1 is 1.50 bits per heavy atom. The number of pyridine rings is 1. The van der Waals surface area contributed by atoms with Gasteiger partial charge in [-0.2, -0.15) is 0 Å². The number of carbonyl (C=O) groups is 1. The molecule has 0 aromatic carbocycles. The summed E-state index contributed by atoms with van der Waals surface area (Å²) in [6, 6.07) is 5.55. The molecule has 0 saturated carbocycles. The van der Waals surface area contributed by atoms with E-state index in [1.807, 2.05) is 19.1 Å². The lowest BCUT2D eigenvalue weighted by atomic mass is 10.3. The van der Waals surface area contributed by atoms with E-state index in [0.717, 1.165) is 11.1 Å². The Hall–Kier alpha value is -1.84. The fourth-order valence-electron chi connectivity index (χ4n) is 1.32. The minimum Gasteiger partial charge on any atom is -0.464 e. The smallest absolute Gasteiger partial charge is 0.354 e. The zero-order chi connectivity index (χ0) is 10.1. The Morgan fingerprint density at radius 2 is 2.29 bits per heavy atom. The molecule has 0 saturated heterocycles. The molecule has 0 aliphatic carbocycles. The van der Waals surface area contributed by atoms with Gasteiger partial charge in [0.05, 0.1) is 7.11 Å². The Balaban J connectivity index is 2.56. The van der Waals surface area contributed by atoms with Gasteiger partial charge in [-0.15, -0.1) is 0 Å². The van der Waals surface area contributed by atoms with E-state index in [1.54, 1.807) is 6.07 Å². The average Bonchev–Trinajstić information content (AvgIpc) is 2.59. The van der Waals surface area contributed by atoms with Crippen molar-refractivity contribution >= 4 is 17.0 Å². The summed E-state index contributed by atoms with van der Waals surface area (Å²) in [4.78, 5) is 18.3. The molecule has 0 unspecified atom stereocenters. The van der Waals surface area contributed by atoms with E-state index < -0.39 is 0 Å². The first-order valence-electron chi connectivity index (χ1n) is 4.25. The summed E-state index contributed by atoms with van der Waals surface area (Å²) in [5, 5.41) is 0.913. The number of aryl methyl sites for hydroxylation is 1. The maximum absolute atomic E-state index is 11.2. The number of hydrogen-bond acceptors (Lipinski definition) is 3. The van der Waals surface area contributed by atoms with Gasteiger partial charge in [0.2, 0.25) is 0 Å². The Morgan fingerprint density at radius 3 is 3.00 bits per heavy atom. The van der Waals surface area contributed by atoms with Crippen molar-refractivity contribution in [3.63, 3.8) is 0 Å². The van der Waals surface area contributed by atoms with E-state index in [4.69, 9.17) is 0 Å². The molecule has 0 fully saturated rings. The molecule has 72 valence electrons. The second kappa shape index (κ2) is 3.14. The number of fused-ring (bicyclic) bond motifs is 1. The highest BCUT2D eigenvalue weighted by Gasteiger charge is 2.09. The summed E-state index contributed by atoms with van der Waals surface area (Å²) < 4.78 is 4.60. The van der Waals surface area contributed by atoms with Crippen LogP contribution in [0.4, 0.5) is 0 Å². The third kappa shape index (κ3) is 1.35. The van der Waals surface area contributed by atoms with Crippen LogP contribution in [-0.2, 0) is 4.74 Å². The average molecular weight is 190 g/mol. The number of methoxy groups -OCH3 is 1. The Bertz CT molecular complexity index is 488. The van der Waals surface area contributed by atoms with E-state index in [0.29, 0.717) is 11.3 Å². The van der Waals surface area contributed by atoms with E-state index >= 15 is 0 Å². The van der Waals surface area contributed by atoms with Gasteiger partial charge in [-0.1, -0.05) is 0 Å². The molecule has 0 aliphatic rings. The van der Waals surface area contributed by atoms with Crippen molar-refractivity contribution < 1.29 is 9.53 Å². The van der Waals surface area contributed by atoms with E-state index in [-0.39, 0.29) is 5.97 Å². The van der Waals surface area contributed by atoms with Gasteiger partial charge < -0.3 is 9.72 Å². The molecule has 1 N–H and O–H groups in total. The molecule has 4 nitrogen and oxygen atoms in total. The molecule has 0 amide bonds. The van der Waals surface area contributed by atoms with Gasteiger partial charge in [-0.3, -0.25) is 0 Å². The number of nitrogens with zero attached hydrogens (tertiary/aromatic N) is 1. The number of H-pyrrole nitrogens is 1. The number of aromatic nitrogens is 2. The summed E-state index contributed by atoms with van der Waals surface area (Å²) in [6.07, 6.45) is 0. The predicted octanol–water partition coefficient (Wildman–Crippen LogP) is 1.66. The van der Waals surface area contributed by atoms with Crippen LogP contribution in [0.5, 0.6) is 0 Å². The van der Waals surface area contributed by atoms with Crippen molar-refractivity contribution in [2.75, 3.05) is 7.11 Å². The van der Waals surface area contributed by atoms with Crippen LogP contribution < -0.4 is 0 Å². The lowest BCUT2D eigenvalue weighted by Gasteiger charge is -1.92. The first-order valence-corrected chi connectivity index (χ1v) is 4.25. The molecule has 4 heteroatoms. The molecule has 2 heterocycles. The standard InChI is InChI=1S/C10H10N2O2/c1-6-3-4-7-5-8(10(13)14-2)12-9(7)11-6/h3-5H,1-2H3,(H,11,12). The summed E-state index contributed by atoms with van der Waals surface area (Å²) >= 11 is 0. The summed E-state index contributed by atoms with van der Waals surface area (Å²) in [5.41, 5.74) is 2.06. The van der Waals surface area contributed by atoms with Crippen molar-refractivity contribution in [1.82, 2.24) is 9.97 Å². The third-order valence-electron chi connectivity index (χ3n) is 2.02. The van der Waals surface area contributed by atoms with Gasteiger partial charge in [-0.25, -0.2) is 9.78 Å². The highest BCUT2D eigenvalue weighted by Crippen LogP contribution is 2.14. The lowest BCUT2D eigenvalue weighted by Crippen LogP contribution is -2.00. The largest absolute Gasteiger partial charge is 0.464 e. The number of carbonyl (C=O) groups excluding carboxylic acids is 1. The van der Waals surface area contributed by atoms with E-state index in [2.05, 4.69) is 14.7 Å². The monoisotopic (exact) mass is 190 g/mol. The normalized spacial score (nSPS) is 10.4. The summed E-state index contributed by atoms with van der Waals surface area (Å²) in [6.45, 7) is 1.90. The van der Waals surface area contributed by atoms with Crippen LogP contribution in [0.3, 0.4) is 0 Å². The number of rotatable bonds is 1. The topological polar surface area (TPSA) is 55.0 Å². The van der Waals surface area contributed by atoms with Crippen LogP contribution in [0, 0.1) is 6.92 Å². The van der Waals surface area contributed by atoms with E-state index in [9.17, 15) is 4.79 Å². The number of esters is 1. The maximum Gasteiger partial charge on any atom is 0.354 e.